The van der Waals surface area contributed by atoms with E-state index in [0.717, 1.165) is 24.3 Å². The fraction of sp³-hybridized carbons (Fsp3) is 0.0870. The lowest BCUT2D eigenvalue weighted by Gasteiger charge is -2.10. The molecule has 3 rings (SSSR count). The van der Waals surface area contributed by atoms with Crippen molar-refractivity contribution >= 4 is 29.2 Å². The summed E-state index contributed by atoms with van der Waals surface area (Å²) in [6.07, 6.45) is -4.49. The van der Waals surface area contributed by atoms with Gasteiger partial charge in [0.15, 0.2) is 0 Å². The van der Waals surface area contributed by atoms with Gasteiger partial charge >= 0.3 is 12.1 Å². The Hall–Kier alpha value is -4.14. The van der Waals surface area contributed by atoms with Crippen LogP contribution in [0.15, 0.2) is 72.8 Å². The van der Waals surface area contributed by atoms with Crippen LogP contribution in [0.2, 0.25) is 0 Å². The monoisotopic (exact) mass is 442 g/mol. The fourth-order valence-electron chi connectivity index (χ4n) is 2.76. The third-order valence-electron chi connectivity index (χ3n) is 4.21. The van der Waals surface area contributed by atoms with E-state index in [2.05, 4.69) is 10.6 Å². The Bertz CT molecular complexity index is 1160. The molecular formula is C23H17F3N2O4. The van der Waals surface area contributed by atoms with Gasteiger partial charge in [-0.25, -0.2) is 0 Å². The lowest BCUT2D eigenvalue weighted by Crippen LogP contribution is -2.14. The molecule has 164 valence electrons. The smallest absolute Gasteiger partial charge is 0.416 e. The highest BCUT2D eigenvalue weighted by Crippen LogP contribution is 2.29. The summed E-state index contributed by atoms with van der Waals surface area (Å²) in [7, 11) is 0. The molecule has 0 aliphatic carbocycles. The predicted molar refractivity (Wildman–Crippen MR) is 112 cm³/mol. The summed E-state index contributed by atoms with van der Waals surface area (Å²) in [6, 6.07) is 16.1. The molecule has 3 aromatic carbocycles. The number of rotatable bonds is 5. The number of benzene rings is 3. The summed E-state index contributed by atoms with van der Waals surface area (Å²) in [6.45, 7) is 1.25. The van der Waals surface area contributed by atoms with Crippen LogP contribution in [-0.2, 0) is 11.0 Å². The predicted octanol–water partition coefficient (Wildman–Crippen LogP) is 5.14. The zero-order valence-corrected chi connectivity index (χ0v) is 16.7. The molecule has 0 spiro atoms. The Morgan fingerprint density at radius 1 is 0.750 bits per heavy atom. The van der Waals surface area contributed by atoms with Crippen molar-refractivity contribution in [2.75, 3.05) is 10.6 Å². The molecule has 0 saturated carbocycles. The first-order chi connectivity index (χ1) is 15.1. The van der Waals surface area contributed by atoms with Crippen LogP contribution in [0.5, 0.6) is 5.75 Å². The standard InChI is InChI=1S/C23H17F3N2O4/c1-14(29)32-20-7-2-4-16(12-20)22(31)28-19-6-3-5-18(13-19)27-21(30)15-8-10-17(11-9-15)23(24,25)26/h2-13H,1H3,(H,27,30)(H,28,31). The summed E-state index contributed by atoms with van der Waals surface area (Å²) < 4.78 is 42.9. The number of carbonyl (C=O) groups excluding carboxylic acids is 3. The molecule has 0 atom stereocenters. The molecule has 0 heterocycles. The third kappa shape index (κ3) is 5.94. The molecule has 0 unspecified atom stereocenters. The Kier molecular flexibility index (Phi) is 6.58. The van der Waals surface area contributed by atoms with E-state index in [1.807, 2.05) is 0 Å². The molecule has 9 heteroatoms. The maximum Gasteiger partial charge on any atom is 0.416 e. The van der Waals surface area contributed by atoms with Crippen LogP contribution in [0.25, 0.3) is 0 Å². The molecule has 0 saturated heterocycles. The number of halogens is 3. The van der Waals surface area contributed by atoms with Crippen LogP contribution in [0.4, 0.5) is 24.5 Å². The topological polar surface area (TPSA) is 84.5 Å². The normalized spacial score (nSPS) is 10.9. The summed E-state index contributed by atoms with van der Waals surface area (Å²) in [5, 5.41) is 5.23. The largest absolute Gasteiger partial charge is 0.427 e. The van der Waals surface area contributed by atoms with Gasteiger partial charge in [0.2, 0.25) is 0 Å². The number of hydrogen-bond acceptors (Lipinski definition) is 4. The van der Waals surface area contributed by atoms with Crippen LogP contribution in [0, 0.1) is 0 Å². The van der Waals surface area contributed by atoms with Crippen molar-refractivity contribution in [3.63, 3.8) is 0 Å². The minimum Gasteiger partial charge on any atom is -0.427 e. The lowest BCUT2D eigenvalue weighted by atomic mass is 10.1. The molecule has 2 amide bonds. The molecular weight excluding hydrogens is 425 g/mol. The first-order valence-electron chi connectivity index (χ1n) is 9.30. The zero-order valence-electron chi connectivity index (χ0n) is 16.7. The first-order valence-corrected chi connectivity index (χ1v) is 9.30. The lowest BCUT2D eigenvalue weighted by molar-refractivity contribution is -0.137. The second-order valence-corrected chi connectivity index (χ2v) is 6.69. The minimum absolute atomic E-state index is 0.0507. The van der Waals surface area contributed by atoms with Gasteiger partial charge in [0.1, 0.15) is 5.75 Å². The van der Waals surface area contributed by atoms with Gasteiger partial charge < -0.3 is 15.4 Å². The Labute approximate surface area is 181 Å². The van der Waals surface area contributed by atoms with Crippen molar-refractivity contribution in [2.45, 2.75) is 13.1 Å². The highest BCUT2D eigenvalue weighted by molar-refractivity contribution is 6.06. The number of amides is 2. The summed E-state index contributed by atoms with van der Waals surface area (Å²) in [4.78, 5) is 35.9. The maximum atomic E-state index is 12.7. The van der Waals surface area contributed by atoms with Crippen LogP contribution >= 0.6 is 0 Å². The van der Waals surface area contributed by atoms with Crippen LogP contribution in [-0.4, -0.2) is 17.8 Å². The molecule has 0 radical (unpaired) electrons. The average Bonchev–Trinajstić information content (AvgIpc) is 2.73. The molecule has 0 aliphatic rings. The molecule has 32 heavy (non-hydrogen) atoms. The van der Waals surface area contributed by atoms with Gasteiger partial charge in [0, 0.05) is 29.4 Å². The van der Waals surface area contributed by atoms with E-state index in [0.29, 0.717) is 11.4 Å². The second-order valence-electron chi connectivity index (χ2n) is 6.69. The van der Waals surface area contributed by atoms with Crippen molar-refractivity contribution in [3.8, 4) is 5.75 Å². The SMILES string of the molecule is CC(=O)Oc1cccc(C(=O)Nc2cccc(NC(=O)c3ccc(C(F)(F)F)cc3)c2)c1. The maximum absolute atomic E-state index is 12.7. The minimum atomic E-state index is -4.49. The Balaban J connectivity index is 1.68. The number of esters is 1. The van der Waals surface area contributed by atoms with Gasteiger partial charge in [-0.1, -0.05) is 12.1 Å². The molecule has 3 aromatic rings. The quantitative estimate of drug-likeness (QED) is 0.424. The summed E-state index contributed by atoms with van der Waals surface area (Å²) in [5.41, 5.74) is 0.161. The van der Waals surface area contributed by atoms with Gasteiger partial charge in [-0.2, -0.15) is 13.2 Å². The summed E-state index contributed by atoms with van der Waals surface area (Å²) >= 11 is 0. The molecule has 0 aliphatic heterocycles. The number of nitrogens with one attached hydrogen (secondary N) is 2. The summed E-state index contributed by atoms with van der Waals surface area (Å²) in [5.74, 6) is -1.36. The van der Waals surface area contributed by atoms with Crippen molar-refractivity contribution in [1.82, 2.24) is 0 Å². The number of carbonyl (C=O) groups is 3. The van der Waals surface area contributed by atoms with Crippen LogP contribution < -0.4 is 15.4 Å². The Morgan fingerprint density at radius 3 is 1.88 bits per heavy atom. The third-order valence-corrected chi connectivity index (χ3v) is 4.21. The number of alkyl halides is 3. The second kappa shape index (κ2) is 9.34. The number of hydrogen-bond donors (Lipinski definition) is 2. The molecule has 6 nitrogen and oxygen atoms in total. The molecule has 0 bridgehead atoms. The van der Waals surface area contributed by atoms with Crippen LogP contribution in [0.1, 0.15) is 33.2 Å². The first kappa shape index (κ1) is 22.5. The van der Waals surface area contributed by atoms with E-state index < -0.39 is 29.5 Å². The highest BCUT2D eigenvalue weighted by Gasteiger charge is 2.30. The van der Waals surface area contributed by atoms with E-state index >= 15 is 0 Å². The average molecular weight is 442 g/mol. The van der Waals surface area contributed by atoms with Crippen molar-refractivity contribution in [1.29, 1.82) is 0 Å². The van der Waals surface area contributed by atoms with Crippen molar-refractivity contribution in [2.24, 2.45) is 0 Å². The van der Waals surface area contributed by atoms with Gasteiger partial charge in [0.05, 0.1) is 5.56 Å². The Morgan fingerprint density at radius 2 is 1.31 bits per heavy atom. The molecule has 0 aromatic heterocycles. The highest BCUT2D eigenvalue weighted by atomic mass is 19.4. The van der Waals surface area contributed by atoms with Crippen molar-refractivity contribution in [3.05, 3.63) is 89.5 Å². The van der Waals surface area contributed by atoms with E-state index in [4.69, 9.17) is 4.74 Å². The fourth-order valence-corrected chi connectivity index (χ4v) is 2.76. The number of anilines is 2. The van der Waals surface area contributed by atoms with Crippen LogP contribution in [0.3, 0.4) is 0 Å². The van der Waals surface area contributed by atoms with E-state index in [9.17, 15) is 27.6 Å². The molecule has 2 N–H and O–H groups in total. The molecule has 0 fully saturated rings. The van der Waals surface area contributed by atoms with E-state index in [-0.39, 0.29) is 16.9 Å². The van der Waals surface area contributed by atoms with Gasteiger partial charge in [-0.05, 0) is 60.7 Å². The van der Waals surface area contributed by atoms with E-state index in [1.165, 1.54) is 25.1 Å². The zero-order chi connectivity index (χ0) is 23.3. The number of ether oxygens (including phenoxy) is 1. The van der Waals surface area contributed by atoms with Gasteiger partial charge in [0.25, 0.3) is 11.8 Å². The van der Waals surface area contributed by atoms with E-state index in [1.54, 1.807) is 30.3 Å². The van der Waals surface area contributed by atoms with Gasteiger partial charge in [-0.15, -0.1) is 0 Å². The van der Waals surface area contributed by atoms with Crippen molar-refractivity contribution < 1.29 is 32.3 Å². The van der Waals surface area contributed by atoms with Gasteiger partial charge in [-0.3, -0.25) is 14.4 Å².